The number of nitrogens with one attached hydrogen (secondary N) is 1. The first-order valence-corrected chi connectivity index (χ1v) is 8.16. The largest absolute Gasteiger partial charge is 0.383 e. The minimum absolute atomic E-state index is 0.373. The van der Waals surface area contributed by atoms with E-state index in [1.54, 1.807) is 7.11 Å². The Balaban J connectivity index is 2.94. The first-order chi connectivity index (χ1) is 10.1. The molecule has 0 saturated carbocycles. The molecule has 0 aromatic heterocycles. The van der Waals surface area contributed by atoms with Crippen LogP contribution in [-0.2, 0) is 4.74 Å². The van der Waals surface area contributed by atoms with Gasteiger partial charge in [-0.1, -0.05) is 39.0 Å². The summed E-state index contributed by atoms with van der Waals surface area (Å²) in [6, 6.07) is 9.11. The van der Waals surface area contributed by atoms with Crippen molar-refractivity contribution in [2.45, 2.75) is 40.2 Å². The van der Waals surface area contributed by atoms with E-state index in [4.69, 9.17) is 4.74 Å². The molecule has 1 atom stereocenters. The maximum absolute atomic E-state index is 5.28. The van der Waals surface area contributed by atoms with Crippen LogP contribution in [0.4, 0.5) is 5.69 Å². The molecule has 0 aliphatic carbocycles. The summed E-state index contributed by atoms with van der Waals surface area (Å²) in [5, 5.41) is 3.60. The molecule has 1 aromatic rings. The summed E-state index contributed by atoms with van der Waals surface area (Å²) in [6.07, 6.45) is 1.16. The van der Waals surface area contributed by atoms with Crippen molar-refractivity contribution in [1.29, 1.82) is 0 Å². The van der Waals surface area contributed by atoms with Crippen LogP contribution in [0.2, 0.25) is 0 Å². The van der Waals surface area contributed by atoms with E-state index >= 15 is 0 Å². The lowest BCUT2D eigenvalue weighted by Crippen LogP contribution is -2.33. The van der Waals surface area contributed by atoms with E-state index in [2.05, 4.69) is 62.2 Å². The lowest BCUT2D eigenvalue weighted by molar-refractivity contribution is 0.204. The highest BCUT2D eigenvalue weighted by molar-refractivity contribution is 5.55. The molecule has 3 nitrogen and oxygen atoms in total. The fraction of sp³-hybridized carbons (Fsp3) is 0.667. The Morgan fingerprint density at radius 1 is 1.19 bits per heavy atom. The number of methoxy groups -OCH3 is 1. The van der Waals surface area contributed by atoms with Crippen LogP contribution in [0.1, 0.15) is 45.7 Å². The van der Waals surface area contributed by atoms with E-state index in [9.17, 15) is 0 Å². The van der Waals surface area contributed by atoms with E-state index in [0.717, 1.165) is 32.7 Å². The highest BCUT2D eigenvalue weighted by atomic mass is 16.5. The Morgan fingerprint density at radius 2 is 1.90 bits per heavy atom. The minimum Gasteiger partial charge on any atom is -0.383 e. The fourth-order valence-electron chi connectivity index (χ4n) is 2.56. The second-order valence-corrected chi connectivity index (χ2v) is 6.07. The molecular formula is C18H32N2O. The summed E-state index contributed by atoms with van der Waals surface area (Å²) >= 11 is 0. The molecule has 0 bridgehead atoms. The summed E-state index contributed by atoms with van der Waals surface area (Å²) < 4.78 is 5.28. The van der Waals surface area contributed by atoms with Crippen molar-refractivity contribution in [1.82, 2.24) is 5.32 Å². The third-order valence-electron chi connectivity index (χ3n) is 3.60. The Morgan fingerprint density at radius 3 is 2.52 bits per heavy atom. The lowest BCUT2D eigenvalue weighted by atomic mass is 10.0. The van der Waals surface area contributed by atoms with Crippen molar-refractivity contribution in [3.63, 3.8) is 0 Å². The van der Waals surface area contributed by atoms with Crippen molar-refractivity contribution in [3.05, 3.63) is 29.8 Å². The molecule has 0 saturated heterocycles. The molecule has 3 heteroatoms. The number of para-hydroxylation sites is 1. The zero-order valence-electron chi connectivity index (χ0n) is 14.4. The Bertz CT molecular complexity index is 393. The Hall–Kier alpha value is -1.06. The van der Waals surface area contributed by atoms with E-state index in [0.29, 0.717) is 12.0 Å². The van der Waals surface area contributed by atoms with Crippen LogP contribution in [-0.4, -0.2) is 33.4 Å². The predicted molar refractivity (Wildman–Crippen MR) is 92.1 cm³/mol. The minimum atomic E-state index is 0.373. The molecule has 0 aliphatic rings. The molecule has 0 amide bonds. The molecule has 0 aliphatic heterocycles. The summed E-state index contributed by atoms with van der Waals surface area (Å²) in [5.74, 6) is 0.633. The monoisotopic (exact) mass is 292 g/mol. The quantitative estimate of drug-likeness (QED) is 0.709. The molecule has 1 rings (SSSR count). The number of anilines is 1. The van der Waals surface area contributed by atoms with Gasteiger partial charge in [-0.15, -0.1) is 0 Å². The Labute approximate surface area is 130 Å². The number of hydrogen-bond donors (Lipinski definition) is 1. The van der Waals surface area contributed by atoms with Crippen molar-refractivity contribution in [2.75, 3.05) is 38.3 Å². The normalized spacial score (nSPS) is 12.7. The van der Waals surface area contributed by atoms with Gasteiger partial charge in [0.25, 0.3) is 0 Å². The van der Waals surface area contributed by atoms with Crippen LogP contribution in [0.5, 0.6) is 0 Å². The highest BCUT2D eigenvalue weighted by Gasteiger charge is 2.15. The van der Waals surface area contributed by atoms with Crippen molar-refractivity contribution < 1.29 is 4.74 Å². The number of nitrogens with zero attached hydrogens (tertiary/aromatic N) is 1. The molecule has 0 radical (unpaired) electrons. The summed E-state index contributed by atoms with van der Waals surface area (Å²) in [5.41, 5.74) is 2.71. The molecule has 1 N–H and O–H groups in total. The number of ether oxygens (including phenoxy) is 1. The van der Waals surface area contributed by atoms with Gasteiger partial charge in [0.1, 0.15) is 0 Å². The van der Waals surface area contributed by atoms with Gasteiger partial charge in [-0.2, -0.15) is 0 Å². The molecule has 21 heavy (non-hydrogen) atoms. The fourth-order valence-corrected chi connectivity index (χ4v) is 2.56. The first kappa shape index (κ1) is 18.0. The van der Waals surface area contributed by atoms with Gasteiger partial charge in [-0.3, -0.25) is 0 Å². The van der Waals surface area contributed by atoms with Gasteiger partial charge in [-0.05, 0) is 37.4 Å². The van der Waals surface area contributed by atoms with Crippen molar-refractivity contribution in [2.24, 2.45) is 5.92 Å². The third kappa shape index (κ3) is 6.06. The van der Waals surface area contributed by atoms with E-state index < -0.39 is 0 Å². The SMILES string of the molecule is CCCNC(C)c1ccccc1N(CCOC)CC(C)C. The van der Waals surface area contributed by atoms with E-state index in [1.807, 2.05) is 0 Å². The van der Waals surface area contributed by atoms with Gasteiger partial charge < -0.3 is 15.0 Å². The second-order valence-electron chi connectivity index (χ2n) is 6.07. The van der Waals surface area contributed by atoms with Crippen molar-refractivity contribution in [3.8, 4) is 0 Å². The van der Waals surface area contributed by atoms with Gasteiger partial charge in [-0.25, -0.2) is 0 Å². The number of benzene rings is 1. The number of hydrogen-bond acceptors (Lipinski definition) is 3. The van der Waals surface area contributed by atoms with Crippen LogP contribution < -0.4 is 10.2 Å². The summed E-state index contributed by atoms with van der Waals surface area (Å²) in [7, 11) is 1.77. The maximum atomic E-state index is 5.28. The zero-order chi connectivity index (χ0) is 15.7. The topological polar surface area (TPSA) is 24.5 Å². The van der Waals surface area contributed by atoms with E-state index in [-0.39, 0.29) is 0 Å². The van der Waals surface area contributed by atoms with Crippen LogP contribution in [0.15, 0.2) is 24.3 Å². The average Bonchev–Trinajstić information content (AvgIpc) is 2.48. The zero-order valence-corrected chi connectivity index (χ0v) is 14.4. The standard InChI is InChI=1S/C18H32N2O/c1-6-11-19-16(4)17-9-7-8-10-18(17)20(12-13-21-5)14-15(2)3/h7-10,15-16,19H,6,11-14H2,1-5H3. The lowest BCUT2D eigenvalue weighted by Gasteiger charge is -2.30. The van der Waals surface area contributed by atoms with Gasteiger partial charge in [0.2, 0.25) is 0 Å². The van der Waals surface area contributed by atoms with Crippen LogP contribution in [0.25, 0.3) is 0 Å². The highest BCUT2D eigenvalue weighted by Crippen LogP contribution is 2.27. The molecule has 0 heterocycles. The maximum Gasteiger partial charge on any atom is 0.0637 e. The molecular weight excluding hydrogens is 260 g/mol. The molecule has 120 valence electrons. The average molecular weight is 292 g/mol. The molecule has 1 aromatic carbocycles. The van der Waals surface area contributed by atoms with Crippen LogP contribution in [0, 0.1) is 5.92 Å². The summed E-state index contributed by atoms with van der Waals surface area (Å²) in [4.78, 5) is 2.45. The van der Waals surface area contributed by atoms with Crippen LogP contribution in [0.3, 0.4) is 0 Å². The molecule has 0 spiro atoms. The molecule has 1 unspecified atom stereocenters. The van der Waals surface area contributed by atoms with Gasteiger partial charge in [0.05, 0.1) is 6.61 Å². The number of rotatable bonds is 10. The second kappa shape index (κ2) is 9.80. The third-order valence-corrected chi connectivity index (χ3v) is 3.60. The van der Waals surface area contributed by atoms with Gasteiger partial charge in [0.15, 0.2) is 0 Å². The van der Waals surface area contributed by atoms with Crippen molar-refractivity contribution >= 4 is 5.69 Å². The Kier molecular flexibility index (Phi) is 8.40. The van der Waals surface area contributed by atoms with Crippen LogP contribution >= 0.6 is 0 Å². The van der Waals surface area contributed by atoms with Gasteiger partial charge in [0, 0.05) is 31.9 Å². The van der Waals surface area contributed by atoms with Gasteiger partial charge >= 0.3 is 0 Å². The van der Waals surface area contributed by atoms with E-state index in [1.165, 1.54) is 11.3 Å². The first-order valence-electron chi connectivity index (χ1n) is 8.16. The predicted octanol–water partition coefficient (Wildman–Crippen LogP) is 3.86. The molecule has 0 fully saturated rings. The summed E-state index contributed by atoms with van der Waals surface area (Å²) in [6.45, 7) is 12.8. The smallest absolute Gasteiger partial charge is 0.0637 e.